The number of hydrogen-bond acceptors (Lipinski definition) is 4. The Morgan fingerprint density at radius 1 is 1.17 bits per heavy atom. The number of rotatable bonds is 2. The standard InChI is InChI=1S/C19H18N2O2S/c1-12-7-8-16(23-12)18-20-13(2)17(24-18)19(22)21-10-9-14-5-3-4-6-15(14)11-21/h3-8H,9-11H2,1-2H3. The van der Waals surface area contributed by atoms with Gasteiger partial charge in [-0.25, -0.2) is 4.98 Å². The van der Waals surface area contributed by atoms with Crippen LogP contribution in [-0.4, -0.2) is 22.3 Å². The van der Waals surface area contributed by atoms with Crippen LogP contribution in [0.15, 0.2) is 40.8 Å². The van der Waals surface area contributed by atoms with Gasteiger partial charge < -0.3 is 9.32 Å². The van der Waals surface area contributed by atoms with Gasteiger partial charge in [0.1, 0.15) is 10.6 Å². The topological polar surface area (TPSA) is 46.3 Å². The van der Waals surface area contributed by atoms with Crippen molar-refractivity contribution in [3.63, 3.8) is 0 Å². The quantitative estimate of drug-likeness (QED) is 0.703. The van der Waals surface area contributed by atoms with Crippen LogP contribution >= 0.6 is 11.3 Å². The fraction of sp³-hybridized carbons (Fsp3) is 0.263. The molecular formula is C19H18N2O2S. The molecule has 4 nitrogen and oxygen atoms in total. The van der Waals surface area contributed by atoms with E-state index in [9.17, 15) is 4.79 Å². The Morgan fingerprint density at radius 2 is 1.96 bits per heavy atom. The first-order valence-electron chi connectivity index (χ1n) is 8.02. The van der Waals surface area contributed by atoms with Gasteiger partial charge in [-0.2, -0.15) is 0 Å². The van der Waals surface area contributed by atoms with Gasteiger partial charge in [0, 0.05) is 13.1 Å². The molecule has 24 heavy (non-hydrogen) atoms. The third-order valence-electron chi connectivity index (χ3n) is 4.36. The lowest BCUT2D eigenvalue weighted by Crippen LogP contribution is -2.35. The van der Waals surface area contributed by atoms with Crippen LogP contribution in [0.1, 0.15) is 32.3 Å². The number of thiazole rings is 1. The summed E-state index contributed by atoms with van der Waals surface area (Å²) in [6.07, 6.45) is 0.907. The number of carbonyl (C=O) groups excluding carboxylic acids is 1. The van der Waals surface area contributed by atoms with Crippen molar-refractivity contribution in [3.05, 3.63) is 63.9 Å². The molecule has 1 amide bonds. The van der Waals surface area contributed by atoms with E-state index in [1.807, 2.05) is 36.9 Å². The minimum Gasteiger partial charge on any atom is -0.459 e. The lowest BCUT2D eigenvalue weighted by atomic mass is 10.00. The third kappa shape index (κ3) is 2.65. The number of aromatic nitrogens is 1. The molecule has 0 saturated heterocycles. The predicted molar refractivity (Wildman–Crippen MR) is 94.2 cm³/mol. The summed E-state index contributed by atoms with van der Waals surface area (Å²) in [4.78, 5) is 20.1. The highest BCUT2D eigenvalue weighted by atomic mass is 32.1. The van der Waals surface area contributed by atoms with Crippen LogP contribution in [-0.2, 0) is 13.0 Å². The van der Waals surface area contributed by atoms with Crippen molar-refractivity contribution in [1.29, 1.82) is 0 Å². The minimum atomic E-state index is 0.0639. The maximum atomic E-state index is 12.9. The first-order chi connectivity index (χ1) is 11.6. The molecule has 0 fully saturated rings. The van der Waals surface area contributed by atoms with Gasteiger partial charge in [-0.05, 0) is 43.5 Å². The zero-order chi connectivity index (χ0) is 16.7. The summed E-state index contributed by atoms with van der Waals surface area (Å²) in [6.45, 7) is 5.21. The molecule has 0 N–H and O–H groups in total. The molecule has 3 heterocycles. The predicted octanol–water partition coefficient (Wildman–Crippen LogP) is 4.22. The highest BCUT2D eigenvalue weighted by molar-refractivity contribution is 7.17. The second-order valence-electron chi connectivity index (χ2n) is 6.09. The van der Waals surface area contributed by atoms with Gasteiger partial charge in [-0.1, -0.05) is 24.3 Å². The van der Waals surface area contributed by atoms with Crippen LogP contribution < -0.4 is 0 Å². The van der Waals surface area contributed by atoms with Crippen LogP contribution in [0.25, 0.3) is 10.8 Å². The fourth-order valence-corrected chi connectivity index (χ4v) is 4.06. The number of nitrogens with zero attached hydrogens (tertiary/aromatic N) is 2. The molecule has 1 aromatic carbocycles. The summed E-state index contributed by atoms with van der Waals surface area (Å²) in [5, 5.41) is 0.765. The highest BCUT2D eigenvalue weighted by Gasteiger charge is 2.25. The Hall–Kier alpha value is -2.40. The van der Waals surface area contributed by atoms with E-state index in [0.29, 0.717) is 11.4 Å². The molecular weight excluding hydrogens is 320 g/mol. The molecule has 5 heteroatoms. The van der Waals surface area contributed by atoms with E-state index in [1.165, 1.54) is 22.5 Å². The molecule has 0 saturated carbocycles. The molecule has 0 aliphatic carbocycles. The number of amides is 1. The van der Waals surface area contributed by atoms with E-state index >= 15 is 0 Å². The normalized spacial score (nSPS) is 13.8. The molecule has 3 aromatic rings. The monoisotopic (exact) mass is 338 g/mol. The summed E-state index contributed by atoms with van der Waals surface area (Å²) < 4.78 is 5.63. The van der Waals surface area contributed by atoms with E-state index in [2.05, 4.69) is 23.2 Å². The van der Waals surface area contributed by atoms with E-state index in [-0.39, 0.29) is 5.91 Å². The van der Waals surface area contributed by atoms with Crippen LogP contribution in [0.2, 0.25) is 0 Å². The van der Waals surface area contributed by atoms with Crippen molar-refractivity contribution in [2.24, 2.45) is 0 Å². The van der Waals surface area contributed by atoms with E-state index in [0.717, 1.165) is 35.2 Å². The van der Waals surface area contributed by atoms with Crippen molar-refractivity contribution in [2.45, 2.75) is 26.8 Å². The van der Waals surface area contributed by atoms with Crippen LogP contribution in [0.5, 0.6) is 0 Å². The largest absolute Gasteiger partial charge is 0.459 e. The van der Waals surface area contributed by atoms with Gasteiger partial charge in [0.05, 0.1) is 5.69 Å². The minimum absolute atomic E-state index is 0.0639. The SMILES string of the molecule is Cc1ccc(-c2nc(C)c(C(=O)N3CCc4ccccc4C3)s2)o1. The van der Waals surface area contributed by atoms with Gasteiger partial charge in [0.2, 0.25) is 0 Å². The Morgan fingerprint density at radius 3 is 2.71 bits per heavy atom. The number of hydrogen-bond donors (Lipinski definition) is 0. The van der Waals surface area contributed by atoms with E-state index in [4.69, 9.17) is 4.42 Å². The van der Waals surface area contributed by atoms with Crippen molar-refractivity contribution in [1.82, 2.24) is 9.88 Å². The van der Waals surface area contributed by atoms with Crippen molar-refractivity contribution >= 4 is 17.2 Å². The van der Waals surface area contributed by atoms with E-state index in [1.54, 1.807) is 0 Å². The molecule has 122 valence electrons. The van der Waals surface area contributed by atoms with Crippen molar-refractivity contribution in [3.8, 4) is 10.8 Å². The Balaban J connectivity index is 1.60. The summed E-state index contributed by atoms with van der Waals surface area (Å²) >= 11 is 1.41. The van der Waals surface area contributed by atoms with Gasteiger partial charge in [-0.3, -0.25) is 4.79 Å². The van der Waals surface area contributed by atoms with Gasteiger partial charge >= 0.3 is 0 Å². The zero-order valence-corrected chi connectivity index (χ0v) is 14.5. The Bertz CT molecular complexity index is 910. The fourth-order valence-electron chi connectivity index (χ4n) is 3.06. The average molecular weight is 338 g/mol. The maximum Gasteiger partial charge on any atom is 0.266 e. The summed E-state index contributed by atoms with van der Waals surface area (Å²) in [5.74, 6) is 1.64. The van der Waals surface area contributed by atoms with Crippen LogP contribution in [0.4, 0.5) is 0 Å². The first-order valence-corrected chi connectivity index (χ1v) is 8.84. The van der Waals surface area contributed by atoms with E-state index < -0.39 is 0 Å². The van der Waals surface area contributed by atoms with Gasteiger partial charge in [0.25, 0.3) is 5.91 Å². The van der Waals surface area contributed by atoms with Crippen LogP contribution in [0, 0.1) is 13.8 Å². The number of benzene rings is 1. The molecule has 2 aromatic heterocycles. The summed E-state index contributed by atoms with van der Waals surface area (Å²) in [6, 6.07) is 12.1. The smallest absolute Gasteiger partial charge is 0.266 e. The molecule has 0 radical (unpaired) electrons. The van der Waals surface area contributed by atoms with Crippen molar-refractivity contribution in [2.75, 3.05) is 6.54 Å². The van der Waals surface area contributed by atoms with Gasteiger partial charge in [0.15, 0.2) is 10.8 Å². The summed E-state index contributed by atoms with van der Waals surface area (Å²) in [5.41, 5.74) is 3.35. The van der Waals surface area contributed by atoms with Gasteiger partial charge in [-0.15, -0.1) is 11.3 Å². The molecule has 0 atom stereocenters. The number of carbonyl (C=O) groups is 1. The second kappa shape index (κ2) is 5.91. The average Bonchev–Trinajstić information content (AvgIpc) is 3.19. The summed E-state index contributed by atoms with van der Waals surface area (Å²) in [7, 11) is 0. The molecule has 0 bridgehead atoms. The molecule has 1 aliphatic rings. The Labute approximate surface area is 144 Å². The number of fused-ring (bicyclic) bond motifs is 1. The lowest BCUT2D eigenvalue weighted by molar-refractivity contribution is 0.0738. The third-order valence-corrected chi connectivity index (χ3v) is 5.52. The highest BCUT2D eigenvalue weighted by Crippen LogP contribution is 2.31. The maximum absolute atomic E-state index is 12.9. The zero-order valence-electron chi connectivity index (χ0n) is 13.7. The molecule has 1 aliphatic heterocycles. The lowest BCUT2D eigenvalue weighted by Gasteiger charge is -2.28. The molecule has 0 spiro atoms. The Kier molecular flexibility index (Phi) is 3.73. The number of furan rings is 1. The van der Waals surface area contributed by atoms with Crippen molar-refractivity contribution < 1.29 is 9.21 Å². The number of aryl methyl sites for hydroxylation is 2. The first kappa shape index (κ1) is 15.1. The molecule has 4 rings (SSSR count). The molecule has 0 unspecified atom stereocenters. The second-order valence-corrected chi connectivity index (χ2v) is 7.09. The van der Waals surface area contributed by atoms with Crippen LogP contribution in [0.3, 0.4) is 0 Å².